The molecule has 0 bridgehead atoms. The number of pyridine rings is 1. The first kappa shape index (κ1) is 22.4. The van der Waals surface area contributed by atoms with Gasteiger partial charge in [0, 0.05) is 29.8 Å². The summed E-state index contributed by atoms with van der Waals surface area (Å²) in [5, 5.41) is 7.34. The molecule has 1 aromatic heterocycles. The summed E-state index contributed by atoms with van der Waals surface area (Å²) >= 11 is 1.37. The van der Waals surface area contributed by atoms with Gasteiger partial charge in [-0.05, 0) is 47.5 Å². The van der Waals surface area contributed by atoms with Crippen LogP contribution in [0, 0.1) is 0 Å². The summed E-state index contributed by atoms with van der Waals surface area (Å²) in [6.45, 7) is 1.44. The third-order valence-electron chi connectivity index (χ3n) is 4.90. The lowest BCUT2D eigenvalue weighted by Gasteiger charge is -2.11. The van der Waals surface area contributed by atoms with E-state index in [0.29, 0.717) is 11.4 Å². The Morgan fingerprint density at radius 3 is 2.39 bits per heavy atom. The highest BCUT2D eigenvalue weighted by molar-refractivity contribution is 7.99. The number of carbonyl (C=O) groups is 2. The van der Waals surface area contributed by atoms with Crippen molar-refractivity contribution in [3.05, 3.63) is 78.9 Å². The van der Waals surface area contributed by atoms with Crippen LogP contribution in [-0.2, 0) is 9.59 Å². The van der Waals surface area contributed by atoms with Gasteiger partial charge in [-0.1, -0.05) is 48.2 Å². The number of nitrogens with one attached hydrogen (secondary N) is 2. The van der Waals surface area contributed by atoms with Crippen molar-refractivity contribution in [2.75, 3.05) is 23.5 Å². The fraction of sp³-hybridized carbons (Fsp3) is 0.115. The molecule has 0 aliphatic carbocycles. The molecular weight excluding hydrogens is 434 g/mol. The number of hydrogen-bond donors (Lipinski definition) is 2. The van der Waals surface area contributed by atoms with E-state index in [9.17, 15) is 9.59 Å². The first-order valence-corrected chi connectivity index (χ1v) is 11.3. The van der Waals surface area contributed by atoms with Gasteiger partial charge in [0.05, 0.1) is 23.4 Å². The number of carbonyl (C=O) groups excluding carboxylic acids is 2. The van der Waals surface area contributed by atoms with Gasteiger partial charge >= 0.3 is 0 Å². The number of methoxy groups -OCH3 is 1. The highest BCUT2D eigenvalue weighted by atomic mass is 32.2. The summed E-state index contributed by atoms with van der Waals surface area (Å²) in [5.41, 5.74) is 4.19. The standard InChI is InChI=1S/C26H23N3O3S/c1-17(30)27-19-9-6-10-20(13-19)28-25(31)16-33-26-15-23(18-7-4-3-5-8-18)22-12-11-21(32-2)14-24(22)29-26/h3-15H,16H2,1-2H3,(H,27,30)(H,28,31). The zero-order valence-corrected chi connectivity index (χ0v) is 19.1. The Bertz CT molecular complexity index is 1310. The van der Waals surface area contributed by atoms with Crippen molar-refractivity contribution in [2.24, 2.45) is 0 Å². The molecule has 6 nitrogen and oxygen atoms in total. The van der Waals surface area contributed by atoms with Crippen LogP contribution >= 0.6 is 11.8 Å². The molecule has 4 aromatic rings. The first-order chi connectivity index (χ1) is 16.0. The van der Waals surface area contributed by atoms with Crippen molar-refractivity contribution in [3.63, 3.8) is 0 Å². The van der Waals surface area contributed by atoms with Crippen LogP contribution in [0.1, 0.15) is 6.92 Å². The molecule has 0 unspecified atom stereocenters. The lowest BCUT2D eigenvalue weighted by molar-refractivity contribution is -0.114. The highest BCUT2D eigenvalue weighted by Crippen LogP contribution is 2.33. The average molecular weight is 458 g/mol. The van der Waals surface area contributed by atoms with Crippen molar-refractivity contribution in [1.29, 1.82) is 0 Å². The summed E-state index contributed by atoms with van der Waals surface area (Å²) in [6, 6.07) is 25.0. The third kappa shape index (κ3) is 5.70. The largest absolute Gasteiger partial charge is 0.497 e. The molecule has 2 N–H and O–H groups in total. The van der Waals surface area contributed by atoms with Gasteiger partial charge in [0.25, 0.3) is 0 Å². The van der Waals surface area contributed by atoms with Crippen LogP contribution in [0.5, 0.6) is 5.75 Å². The number of thioether (sulfide) groups is 1. The molecule has 0 aliphatic heterocycles. The van der Waals surface area contributed by atoms with Crippen molar-refractivity contribution in [2.45, 2.75) is 11.9 Å². The molecule has 166 valence electrons. The van der Waals surface area contributed by atoms with E-state index in [1.165, 1.54) is 18.7 Å². The Kier molecular flexibility index (Phi) is 6.90. The highest BCUT2D eigenvalue weighted by Gasteiger charge is 2.12. The van der Waals surface area contributed by atoms with Crippen molar-refractivity contribution in [3.8, 4) is 16.9 Å². The maximum Gasteiger partial charge on any atom is 0.234 e. The van der Waals surface area contributed by atoms with Crippen LogP contribution in [0.15, 0.2) is 83.9 Å². The predicted molar refractivity (Wildman–Crippen MR) is 134 cm³/mol. The molecule has 0 spiro atoms. The molecular formula is C26H23N3O3S. The maximum atomic E-state index is 12.6. The Labute approximate surface area is 196 Å². The molecule has 0 aliphatic rings. The second-order valence-electron chi connectivity index (χ2n) is 7.36. The summed E-state index contributed by atoms with van der Waals surface area (Å²) in [5.74, 6) is 0.602. The summed E-state index contributed by atoms with van der Waals surface area (Å²) in [7, 11) is 1.63. The lowest BCUT2D eigenvalue weighted by atomic mass is 10.0. The fourth-order valence-corrected chi connectivity index (χ4v) is 4.17. The van der Waals surface area contributed by atoms with Crippen LogP contribution in [0.25, 0.3) is 22.0 Å². The number of aromatic nitrogens is 1. The minimum Gasteiger partial charge on any atom is -0.497 e. The van der Waals surface area contributed by atoms with Crippen molar-refractivity contribution in [1.82, 2.24) is 4.98 Å². The molecule has 0 atom stereocenters. The SMILES string of the molecule is COc1ccc2c(-c3ccccc3)cc(SCC(=O)Nc3cccc(NC(C)=O)c3)nc2c1. The molecule has 0 saturated heterocycles. The van der Waals surface area contributed by atoms with Gasteiger partial charge in [-0.3, -0.25) is 9.59 Å². The van der Waals surface area contributed by atoms with Crippen molar-refractivity contribution < 1.29 is 14.3 Å². The zero-order valence-electron chi connectivity index (χ0n) is 18.3. The van der Waals surface area contributed by atoms with E-state index in [1.807, 2.05) is 42.5 Å². The van der Waals surface area contributed by atoms with E-state index in [4.69, 9.17) is 9.72 Å². The van der Waals surface area contributed by atoms with Gasteiger partial charge in [0.1, 0.15) is 5.75 Å². The van der Waals surface area contributed by atoms with E-state index >= 15 is 0 Å². The van der Waals surface area contributed by atoms with Gasteiger partial charge in [-0.2, -0.15) is 0 Å². The molecule has 1 heterocycles. The summed E-state index contributed by atoms with van der Waals surface area (Å²) in [6.07, 6.45) is 0. The number of rotatable bonds is 7. The number of anilines is 2. The van der Waals surface area contributed by atoms with E-state index in [-0.39, 0.29) is 17.6 Å². The molecule has 4 rings (SSSR count). The predicted octanol–water partition coefficient (Wildman–Crippen LogP) is 5.60. The Balaban J connectivity index is 1.55. The molecule has 0 radical (unpaired) electrons. The number of amides is 2. The van der Waals surface area contributed by atoms with E-state index < -0.39 is 0 Å². The van der Waals surface area contributed by atoms with Gasteiger partial charge in [-0.25, -0.2) is 4.98 Å². The van der Waals surface area contributed by atoms with Gasteiger partial charge in [-0.15, -0.1) is 0 Å². The van der Waals surface area contributed by atoms with Gasteiger partial charge in [0.2, 0.25) is 11.8 Å². The summed E-state index contributed by atoms with van der Waals surface area (Å²) in [4.78, 5) is 28.6. The number of fused-ring (bicyclic) bond motifs is 1. The van der Waals surface area contributed by atoms with Crippen LogP contribution in [-0.4, -0.2) is 29.7 Å². The number of benzene rings is 3. The van der Waals surface area contributed by atoms with E-state index in [1.54, 1.807) is 31.4 Å². The number of ether oxygens (including phenoxy) is 1. The monoisotopic (exact) mass is 457 g/mol. The maximum absolute atomic E-state index is 12.6. The molecule has 7 heteroatoms. The van der Waals surface area contributed by atoms with Gasteiger partial charge in [0.15, 0.2) is 0 Å². The quantitative estimate of drug-likeness (QED) is 0.353. The topological polar surface area (TPSA) is 80.3 Å². The number of nitrogens with zero attached hydrogens (tertiary/aromatic N) is 1. The second-order valence-corrected chi connectivity index (χ2v) is 8.35. The number of hydrogen-bond acceptors (Lipinski definition) is 5. The Morgan fingerprint density at radius 2 is 1.67 bits per heavy atom. The molecule has 0 saturated carbocycles. The lowest BCUT2D eigenvalue weighted by Crippen LogP contribution is -2.14. The smallest absolute Gasteiger partial charge is 0.234 e. The van der Waals surface area contributed by atoms with Gasteiger partial charge < -0.3 is 15.4 Å². The minimum atomic E-state index is -0.165. The molecule has 2 amide bonds. The van der Waals surface area contributed by atoms with E-state index in [2.05, 4.69) is 22.8 Å². The summed E-state index contributed by atoms with van der Waals surface area (Å²) < 4.78 is 5.37. The van der Waals surface area contributed by atoms with Crippen molar-refractivity contribution >= 4 is 45.9 Å². The normalized spacial score (nSPS) is 10.6. The Morgan fingerprint density at radius 1 is 0.909 bits per heavy atom. The molecule has 3 aromatic carbocycles. The van der Waals surface area contributed by atoms with Crippen LogP contribution in [0.2, 0.25) is 0 Å². The molecule has 33 heavy (non-hydrogen) atoms. The van der Waals surface area contributed by atoms with Crippen LogP contribution in [0.3, 0.4) is 0 Å². The van der Waals surface area contributed by atoms with Crippen LogP contribution in [0.4, 0.5) is 11.4 Å². The van der Waals surface area contributed by atoms with E-state index in [0.717, 1.165) is 32.8 Å². The molecule has 0 fully saturated rings. The van der Waals surface area contributed by atoms with Crippen LogP contribution < -0.4 is 15.4 Å². The second kappa shape index (κ2) is 10.2. The average Bonchev–Trinajstić information content (AvgIpc) is 2.82. The minimum absolute atomic E-state index is 0.159. The third-order valence-corrected chi connectivity index (χ3v) is 5.81. The first-order valence-electron chi connectivity index (χ1n) is 10.4. The Hall–Kier alpha value is -3.84. The zero-order chi connectivity index (χ0) is 23.2. The fourth-order valence-electron chi connectivity index (χ4n) is 3.46.